The lowest BCUT2D eigenvalue weighted by Gasteiger charge is -2.25. The van der Waals surface area contributed by atoms with Gasteiger partial charge in [0.05, 0.1) is 11.4 Å². The third-order valence-electron chi connectivity index (χ3n) is 13.5. The lowest BCUT2D eigenvalue weighted by atomic mass is 9.92. The molecule has 0 bridgehead atoms. The molecule has 0 spiro atoms. The molecule has 2 heterocycles. The topological polar surface area (TPSA) is 32.8 Å². The minimum absolute atomic E-state index is 0.870. The molecule has 2 aromatic heterocycles. The highest BCUT2D eigenvalue weighted by atomic mass is 16.3. The molecule has 13 rings (SSSR count). The zero-order valence-electron chi connectivity index (χ0n) is 38.1. The van der Waals surface area contributed by atoms with Crippen molar-refractivity contribution in [3.8, 4) is 44.5 Å². The Morgan fingerprint density at radius 2 is 0.514 bits per heavy atom. The summed E-state index contributed by atoms with van der Waals surface area (Å²) in [6.45, 7) is 0. The van der Waals surface area contributed by atoms with Crippen LogP contribution < -0.4 is 9.80 Å². The van der Waals surface area contributed by atoms with E-state index < -0.39 is 0 Å². The van der Waals surface area contributed by atoms with E-state index in [1.54, 1.807) is 0 Å². The first-order valence-corrected chi connectivity index (χ1v) is 23.7. The number of furan rings is 2. The summed E-state index contributed by atoms with van der Waals surface area (Å²) in [6, 6.07) is 94.5. The second-order valence-corrected chi connectivity index (χ2v) is 17.6. The molecule has 0 aliphatic rings. The summed E-state index contributed by atoms with van der Waals surface area (Å²) < 4.78 is 13.0. The van der Waals surface area contributed by atoms with Crippen LogP contribution in [0.1, 0.15) is 0 Å². The van der Waals surface area contributed by atoms with Gasteiger partial charge in [0.2, 0.25) is 0 Å². The fraction of sp³-hybridized carbons (Fsp3) is 0. The molecule has 0 aliphatic heterocycles. The average molecular weight is 897 g/mol. The van der Waals surface area contributed by atoms with Gasteiger partial charge in [-0.15, -0.1) is 0 Å². The van der Waals surface area contributed by atoms with Crippen molar-refractivity contribution in [2.45, 2.75) is 0 Å². The fourth-order valence-electron chi connectivity index (χ4n) is 10.1. The van der Waals surface area contributed by atoms with Crippen LogP contribution in [-0.4, -0.2) is 0 Å². The molecule has 0 unspecified atom stereocenters. The molecular formula is C66H44N2O2. The van der Waals surface area contributed by atoms with E-state index in [9.17, 15) is 0 Å². The zero-order valence-corrected chi connectivity index (χ0v) is 38.1. The number of hydrogen-bond acceptors (Lipinski definition) is 4. The van der Waals surface area contributed by atoms with Crippen molar-refractivity contribution in [3.63, 3.8) is 0 Å². The number of fused-ring (bicyclic) bond motifs is 6. The minimum Gasteiger partial charge on any atom is -0.454 e. The third-order valence-corrected chi connectivity index (χ3v) is 13.5. The van der Waals surface area contributed by atoms with E-state index in [4.69, 9.17) is 8.83 Å². The molecule has 0 aliphatic carbocycles. The molecule has 0 atom stereocenters. The van der Waals surface area contributed by atoms with Crippen molar-refractivity contribution in [1.82, 2.24) is 0 Å². The molecule has 11 aromatic carbocycles. The largest absolute Gasteiger partial charge is 0.454 e. The van der Waals surface area contributed by atoms with Crippen LogP contribution in [0, 0.1) is 0 Å². The van der Waals surface area contributed by atoms with Crippen LogP contribution in [-0.2, 0) is 0 Å². The molecule has 13 aromatic rings. The monoisotopic (exact) mass is 896 g/mol. The van der Waals surface area contributed by atoms with Crippen molar-refractivity contribution in [1.29, 1.82) is 0 Å². The van der Waals surface area contributed by atoms with Gasteiger partial charge in [-0.25, -0.2) is 0 Å². The van der Waals surface area contributed by atoms with Crippen LogP contribution >= 0.6 is 0 Å². The van der Waals surface area contributed by atoms with Crippen LogP contribution in [0.4, 0.5) is 34.1 Å². The first-order chi connectivity index (χ1) is 34.7. The Hall–Kier alpha value is -9.38. The van der Waals surface area contributed by atoms with Gasteiger partial charge in [0.15, 0.2) is 11.2 Å². The van der Waals surface area contributed by atoms with Crippen LogP contribution in [0.5, 0.6) is 0 Å². The van der Waals surface area contributed by atoms with E-state index in [1.165, 1.54) is 22.3 Å². The van der Waals surface area contributed by atoms with E-state index in [2.05, 4.69) is 252 Å². The molecule has 4 nitrogen and oxygen atoms in total. The lowest BCUT2D eigenvalue weighted by molar-refractivity contribution is 0.668. The van der Waals surface area contributed by atoms with Gasteiger partial charge < -0.3 is 18.6 Å². The molecule has 0 amide bonds. The lowest BCUT2D eigenvalue weighted by Crippen LogP contribution is -2.10. The standard InChI is InChI=1S/C66H44N2O2/c1-3-15-51(16-4-1)67(61-25-13-23-59-57-21-9-11-27-63(57)69-65(59)61)53-41-37-47(38-42-53)45-29-33-49(34-30-45)55-19-7-8-20-56(55)50-35-31-46(32-36-50)48-39-43-54(44-40-48)68(52-17-5-2-6-18-52)62-26-14-24-60-58-22-10-12-28-64(58)70-66(60)62/h1-44H. The third kappa shape index (κ3) is 7.27. The minimum atomic E-state index is 0.870. The molecule has 0 saturated heterocycles. The highest BCUT2D eigenvalue weighted by molar-refractivity contribution is 6.11. The van der Waals surface area contributed by atoms with Crippen LogP contribution in [0.2, 0.25) is 0 Å². The molecule has 0 fully saturated rings. The quantitative estimate of drug-likeness (QED) is 0.137. The van der Waals surface area contributed by atoms with Gasteiger partial charge in [0.1, 0.15) is 11.2 Å². The van der Waals surface area contributed by atoms with Crippen molar-refractivity contribution in [3.05, 3.63) is 267 Å². The van der Waals surface area contributed by atoms with Crippen molar-refractivity contribution >= 4 is 78.0 Å². The highest BCUT2D eigenvalue weighted by Gasteiger charge is 2.21. The molecular weight excluding hydrogens is 853 g/mol. The maximum absolute atomic E-state index is 6.51. The highest BCUT2D eigenvalue weighted by Crippen LogP contribution is 2.45. The Morgan fingerprint density at radius 1 is 0.214 bits per heavy atom. The normalized spacial score (nSPS) is 11.4. The summed E-state index contributed by atoms with van der Waals surface area (Å²) in [4.78, 5) is 4.56. The van der Waals surface area contributed by atoms with E-state index in [0.717, 1.165) is 100 Å². The number of rotatable bonds is 10. The summed E-state index contributed by atoms with van der Waals surface area (Å²) in [5, 5.41) is 4.44. The zero-order chi connectivity index (χ0) is 46.4. The number of benzene rings is 11. The molecule has 0 N–H and O–H groups in total. The van der Waals surface area contributed by atoms with Crippen LogP contribution in [0.3, 0.4) is 0 Å². The Kier molecular flexibility index (Phi) is 10.1. The summed E-state index contributed by atoms with van der Waals surface area (Å²) in [7, 11) is 0. The Bertz CT molecular complexity index is 3710. The first kappa shape index (κ1) is 40.9. The van der Waals surface area contributed by atoms with Gasteiger partial charge in [-0.1, -0.05) is 194 Å². The molecule has 0 saturated carbocycles. The Morgan fingerprint density at radius 3 is 0.914 bits per heavy atom. The maximum Gasteiger partial charge on any atom is 0.159 e. The van der Waals surface area contributed by atoms with Crippen LogP contribution in [0.15, 0.2) is 276 Å². The summed E-state index contributed by atoms with van der Waals surface area (Å²) in [5.74, 6) is 0. The van der Waals surface area contributed by atoms with Gasteiger partial charge in [-0.2, -0.15) is 0 Å². The number of anilines is 6. The maximum atomic E-state index is 6.51. The molecule has 70 heavy (non-hydrogen) atoms. The number of nitrogens with zero attached hydrogens (tertiary/aromatic N) is 2. The molecule has 330 valence electrons. The number of hydrogen-bond donors (Lipinski definition) is 0. The van der Waals surface area contributed by atoms with Crippen molar-refractivity contribution in [2.24, 2.45) is 0 Å². The van der Waals surface area contributed by atoms with Crippen LogP contribution in [0.25, 0.3) is 88.4 Å². The second kappa shape index (κ2) is 17.4. The Labute approximate surface area is 406 Å². The fourth-order valence-corrected chi connectivity index (χ4v) is 10.1. The second-order valence-electron chi connectivity index (χ2n) is 17.6. The Balaban J connectivity index is 0.762. The van der Waals surface area contributed by atoms with Gasteiger partial charge in [-0.3, -0.25) is 0 Å². The predicted octanol–water partition coefficient (Wildman–Crippen LogP) is 19.1. The van der Waals surface area contributed by atoms with E-state index >= 15 is 0 Å². The predicted molar refractivity (Wildman–Crippen MR) is 292 cm³/mol. The summed E-state index contributed by atoms with van der Waals surface area (Å²) in [6.07, 6.45) is 0. The summed E-state index contributed by atoms with van der Waals surface area (Å²) >= 11 is 0. The number of para-hydroxylation sites is 6. The van der Waals surface area contributed by atoms with Gasteiger partial charge in [0.25, 0.3) is 0 Å². The molecule has 4 heteroatoms. The van der Waals surface area contributed by atoms with E-state index in [1.807, 2.05) is 24.3 Å². The SMILES string of the molecule is c1ccc(N(c2ccc(-c3ccc(-c4ccccc4-c4ccc(-c5ccc(N(c6ccccc6)c6cccc7c6oc6ccccc67)cc5)cc4)cc3)cc2)c2cccc3c2oc2ccccc23)cc1. The van der Waals surface area contributed by atoms with E-state index in [-0.39, 0.29) is 0 Å². The summed E-state index contributed by atoms with van der Waals surface area (Å²) in [5.41, 5.74) is 19.1. The van der Waals surface area contributed by atoms with Gasteiger partial charge in [-0.05, 0) is 117 Å². The van der Waals surface area contributed by atoms with E-state index in [0.29, 0.717) is 0 Å². The van der Waals surface area contributed by atoms with Crippen molar-refractivity contribution in [2.75, 3.05) is 9.80 Å². The average Bonchev–Trinajstić information content (AvgIpc) is 4.02. The van der Waals surface area contributed by atoms with Gasteiger partial charge >= 0.3 is 0 Å². The molecule has 0 radical (unpaired) electrons. The van der Waals surface area contributed by atoms with Gasteiger partial charge in [0, 0.05) is 44.3 Å². The van der Waals surface area contributed by atoms with Crippen molar-refractivity contribution < 1.29 is 8.83 Å². The smallest absolute Gasteiger partial charge is 0.159 e. The first-order valence-electron chi connectivity index (χ1n) is 23.7.